The monoisotopic (exact) mass is 429 g/mol. The van der Waals surface area contributed by atoms with Crippen LogP contribution in [0.2, 0.25) is 5.02 Å². The molecular weight excluding hydrogens is 398 g/mol. The minimum atomic E-state index is -0.792. The molecule has 0 unspecified atom stereocenters. The number of benzene rings is 2. The maximum Gasteiger partial charge on any atom is 0.304 e. The zero-order chi connectivity index (χ0) is 21.3. The average Bonchev–Trinajstić information content (AvgIpc) is 2.74. The number of aliphatic carboxylic acids is 1. The molecule has 0 atom stereocenters. The van der Waals surface area contributed by atoms with E-state index in [1.807, 2.05) is 31.2 Å². The molecule has 0 bridgehead atoms. The summed E-state index contributed by atoms with van der Waals surface area (Å²) < 4.78 is 6.09. The lowest BCUT2D eigenvalue weighted by atomic mass is 9.90. The Morgan fingerprint density at radius 3 is 2.70 bits per heavy atom. The van der Waals surface area contributed by atoms with Crippen molar-refractivity contribution in [2.24, 2.45) is 5.92 Å². The summed E-state index contributed by atoms with van der Waals surface area (Å²) in [7, 11) is 0. The molecular formula is C25H32ClNO3. The van der Waals surface area contributed by atoms with Crippen LogP contribution in [-0.2, 0) is 17.9 Å². The topological polar surface area (TPSA) is 49.8 Å². The summed E-state index contributed by atoms with van der Waals surface area (Å²) in [6, 6.07) is 14.1. The molecule has 0 heterocycles. The molecule has 2 aromatic carbocycles. The molecule has 0 aromatic heterocycles. The first kappa shape index (κ1) is 22.6. The lowest BCUT2D eigenvalue weighted by Gasteiger charge is -2.24. The van der Waals surface area contributed by atoms with Crippen LogP contribution in [0, 0.1) is 12.8 Å². The SMILES string of the molecule is Cc1ccc(Cl)c(CN(CCC(=O)O)Cc2cccc(OCC3CCCCC3)c2)c1. The van der Waals surface area contributed by atoms with Crippen molar-refractivity contribution in [1.29, 1.82) is 0 Å². The summed E-state index contributed by atoms with van der Waals surface area (Å²) in [5.74, 6) is 0.766. The third-order valence-electron chi connectivity index (χ3n) is 5.75. The van der Waals surface area contributed by atoms with Crippen LogP contribution in [-0.4, -0.2) is 29.1 Å². The molecule has 0 amide bonds. The van der Waals surface area contributed by atoms with Gasteiger partial charge in [-0.05, 0) is 55.0 Å². The van der Waals surface area contributed by atoms with Gasteiger partial charge >= 0.3 is 5.97 Å². The Morgan fingerprint density at radius 2 is 1.93 bits per heavy atom. The molecule has 3 rings (SSSR count). The second kappa shape index (κ2) is 11.4. The molecule has 1 aliphatic carbocycles. The number of carboxylic acids is 1. The molecule has 30 heavy (non-hydrogen) atoms. The van der Waals surface area contributed by atoms with Crippen LogP contribution in [0.1, 0.15) is 55.2 Å². The van der Waals surface area contributed by atoms with E-state index in [4.69, 9.17) is 21.4 Å². The number of carbonyl (C=O) groups is 1. The van der Waals surface area contributed by atoms with Gasteiger partial charge in [0.2, 0.25) is 0 Å². The Balaban J connectivity index is 1.65. The standard InChI is InChI=1S/C25H32ClNO3/c1-19-10-11-24(26)22(14-19)17-27(13-12-25(28)29)16-21-8-5-9-23(15-21)30-18-20-6-3-2-4-7-20/h5,8-11,14-15,20H,2-4,6-7,12-13,16-18H2,1H3,(H,28,29). The van der Waals surface area contributed by atoms with Crippen LogP contribution in [0.25, 0.3) is 0 Å². The fourth-order valence-corrected chi connectivity index (χ4v) is 4.27. The maximum atomic E-state index is 11.1. The highest BCUT2D eigenvalue weighted by molar-refractivity contribution is 6.31. The molecule has 0 saturated heterocycles. The first-order valence-electron chi connectivity index (χ1n) is 10.9. The van der Waals surface area contributed by atoms with Crippen LogP contribution >= 0.6 is 11.6 Å². The number of rotatable bonds is 10. The van der Waals surface area contributed by atoms with E-state index in [1.54, 1.807) is 0 Å². The van der Waals surface area contributed by atoms with Crippen molar-refractivity contribution in [2.75, 3.05) is 13.2 Å². The molecule has 1 aliphatic rings. The zero-order valence-electron chi connectivity index (χ0n) is 17.8. The smallest absolute Gasteiger partial charge is 0.304 e. The third kappa shape index (κ3) is 7.33. The van der Waals surface area contributed by atoms with Crippen molar-refractivity contribution in [3.8, 4) is 5.75 Å². The van der Waals surface area contributed by atoms with E-state index in [9.17, 15) is 4.79 Å². The molecule has 1 saturated carbocycles. The number of carboxylic acid groups (broad SMARTS) is 1. The van der Waals surface area contributed by atoms with E-state index < -0.39 is 5.97 Å². The highest BCUT2D eigenvalue weighted by Gasteiger charge is 2.15. The minimum Gasteiger partial charge on any atom is -0.493 e. The highest BCUT2D eigenvalue weighted by atomic mass is 35.5. The number of ether oxygens (including phenoxy) is 1. The van der Waals surface area contributed by atoms with Crippen LogP contribution < -0.4 is 4.74 Å². The van der Waals surface area contributed by atoms with Crippen LogP contribution in [0.5, 0.6) is 5.75 Å². The summed E-state index contributed by atoms with van der Waals surface area (Å²) in [6.07, 6.45) is 6.60. The number of nitrogens with zero attached hydrogens (tertiary/aromatic N) is 1. The van der Waals surface area contributed by atoms with Crippen LogP contribution in [0.3, 0.4) is 0 Å². The number of aryl methyl sites for hydroxylation is 1. The summed E-state index contributed by atoms with van der Waals surface area (Å²) in [5, 5.41) is 9.87. The normalized spacial score (nSPS) is 14.8. The fraction of sp³-hybridized carbons (Fsp3) is 0.480. The Bertz CT molecular complexity index is 833. The van der Waals surface area contributed by atoms with E-state index >= 15 is 0 Å². The zero-order valence-corrected chi connectivity index (χ0v) is 18.5. The van der Waals surface area contributed by atoms with E-state index in [0.29, 0.717) is 30.6 Å². The summed E-state index contributed by atoms with van der Waals surface area (Å²) in [6.45, 7) is 4.55. The molecule has 0 radical (unpaired) electrons. The van der Waals surface area contributed by atoms with Gasteiger partial charge in [0, 0.05) is 24.7 Å². The van der Waals surface area contributed by atoms with Gasteiger partial charge in [-0.25, -0.2) is 0 Å². The molecule has 1 fully saturated rings. The molecule has 1 N–H and O–H groups in total. The first-order valence-corrected chi connectivity index (χ1v) is 11.3. The molecule has 162 valence electrons. The summed E-state index contributed by atoms with van der Waals surface area (Å²) >= 11 is 6.38. The second-order valence-corrected chi connectivity index (χ2v) is 8.82. The van der Waals surface area contributed by atoms with Crippen molar-refractivity contribution in [3.05, 3.63) is 64.2 Å². The van der Waals surface area contributed by atoms with Crippen LogP contribution in [0.15, 0.2) is 42.5 Å². The second-order valence-electron chi connectivity index (χ2n) is 8.41. The van der Waals surface area contributed by atoms with Crippen molar-refractivity contribution < 1.29 is 14.6 Å². The molecule has 4 nitrogen and oxygen atoms in total. The fourth-order valence-electron chi connectivity index (χ4n) is 4.09. The van der Waals surface area contributed by atoms with Gasteiger partial charge < -0.3 is 9.84 Å². The predicted molar refractivity (Wildman–Crippen MR) is 121 cm³/mol. The van der Waals surface area contributed by atoms with Gasteiger partial charge in [-0.1, -0.05) is 60.7 Å². The molecule has 2 aromatic rings. The van der Waals surface area contributed by atoms with Gasteiger partial charge in [-0.15, -0.1) is 0 Å². The van der Waals surface area contributed by atoms with E-state index in [1.165, 1.54) is 32.1 Å². The molecule has 5 heteroatoms. The molecule has 0 spiro atoms. The third-order valence-corrected chi connectivity index (χ3v) is 6.12. The first-order chi connectivity index (χ1) is 14.5. The highest BCUT2D eigenvalue weighted by Crippen LogP contribution is 2.25. The van der Waals surface area contributed by atoms with Gasteiger partial charge in [0.1, 0.15) is 5.75 Å². The maximum absolute atomic E-state index is 11.1. The Labute approximate surface area is 184 Å². The number of hydrogen-bond donors (Lipinski definition) is 1. The summed E-state index contributed by atoms with van der Waals surface area (Å²) in [4.78, 5) is 13.3. The lowest BCUT2D eigenvalue weighted by Crippen LogP contribution is -2.26. The van der Waals surface area contributed by atoms with Crippen molar-refractivity contribution in [2.45, 2.75) is 58.5 Å². The van der Waals surface area contributed by atoms with E-state index in [2.05, 4.69) is 23.1 Å². The van der Waals surface area contributed by atoms with E-state index in [-0.39, 0.29) is 6.42 Å². The Hall–Kier alpha value is -2.04. The number of hydrogen-bond acceptors (Lipinski definition) is 3. The Morgan fingerprint density at radius 1 is 1.13 bits per heavy atom. The summed E-state index contributed by atoms with van der Waals surface area (Å²) in [5.41, 5.74) is 3.28. The lowest BCUT2D eigenvalue weighted by molar-refractivity contribution is -0.137. The van der Waals surface area contributed by atoms with Crippen LogP contribution in [0.4, 0.5) is 0 Å². The quantitative estimate of drug-likeness (QED) is 0.496. The van der Waals surface area contributed by atoms with Gasteiger partial charge in [0.15, 0.2) is 0 Å². The largest absolute Gasteiger partial charge is 0.493 e. The van der Waals surface area contributed by atoms with Crippen molar-refractivity contribution in [3.63, 3.8) is 0 Å². The van der Waals surface area contributed by atoms with E-state index in [0.717, 1.165) is 29.0 Å². The van der Waals surface area contributed by atoms with Crippen molar-refractivity contribution >= 4 is 17.6 Å². The van der Waals surface area contributed by atoms with Gasteiger partial charge in [-0.2, -0.15) is 0 Å². The van der Waals surface area contributed by atoms with Gasteiger partial charge in [0.05, 0.1) is 13.0 Å². The minimum absolute atomic E-state index is 0.0985. The van der Waals surface area contributed by atoms with Crippen molar-refractivity contribution in [1.82, 2.24) is 4.90 Å². The average molecular weight is 430 g/mol. The number of halogens is 1. The predicted octanol–water partition coefficient (Wildman–Crippen LogP) is 6.08. The Kier molecular flexibility index (Phi) is 8.59. The van der Waals surface area contributed by atoms with Gasteiger partial charge in [-0.3, -0.25) is 9.69 Å². The molecule has 0 aliphatic heterocycles. The van der Waals surface area contributed by atoms with Gasteiger partial charge in [0.25, 0.3) is 0 Å².